The molecule has 7 nitrogen and oxygen atoms in total. The molecule has 0 atom stereocenters. The number of hydrogen-bond donors (Lipinski definition) is 2. The van der Waals surface area contributed by atoms with Crippen molar-refractivity contribution in [3.63, 3.8) is 0 Å². The number of fused-ring (bicyclic) bond motifs is 3. The number of hydrogen-bond acceptors (Lipinski definition) is 4. The van der Waals surface area contributed by atoms with Gasteiger partial charge in [-0.25, -0.2) is 0 Å². The third-order valence-electron chi connectivity index (χ3n) is 4.99. The van der Waals surface area contributed by atoms with Gasteiger partial charge >= 0.3 is 0 Å². The van der Waals surface area contributed by atoms with E-state index in [1.54, 1.807) is 30.3 Å². The van der Waals surface area contributed by atoms with Crippen molar-refractivity contribution in [1.82, 2.24) is 0 Å². The van der Waals surface area contributed by atoms with Crippen LogP contribution in [0.15, 0.2) is 54.6 Å². The highest BCUT2D eigenvalue weighted by molar-refractivity contribution is 6.03. The Labute approximate surface area is 159 Å². The van der Waals surface area contributed by atoms with Gasteiger partial charge in [0.05, 0.1) is 4.92 Å². The van der Waals surface area contributed by atoms with Crippen molar-refractivity contribution in [3.8, 4) is 22.3 Å². The van der Waals surface area contributed by atoms with E-state index in [-0.39, 0.29) is 5.69 Å². The Hall–Kier alpha value is -4.00. The molecule has 0 heterocycles. The molecule has 1 aliphatic rings. The zero-order valence-electron chi connectivity index (χ0n) is 14.6. The Morgan fingerprint density at radius 2 is 1.57 bits per heavy atom. The number of nitro benzene ring substituents is 1. The average Bonchev–Trinajstić information content (AvgIpc) is 3.04. The van der Waals surface area contributed by atoms with Crippen molar-refractivity contribution in [2.24, 2.45) is 11.5 Å². The van der Waals surface area contributed by atoms with Crippen LogP contribution < -0.4 is 11.5 Å². The van der Waals surface area contributed by atoms with Gasteiger partial charge in [0, 0.05) is 23.3 Å². The fourth-order valence-corrected chi connectivity index (χ4v) is 3.72. The summed E-state index contributed by atoms with van der Waals surface area (Å²) >= 11 is 0. The summed E-state index contributed by atoms with van der Waals surface area (Å²) in [6, 6.07) is 14.8. The third kappa shape index (κ3) is 2.69. The topological polar surface area (TPSA) is 129 Å². The lowest BCUT2D eigenvalue weighted by molar-refractivity contribution is -0.384. The highest BCUT2D eigenvalue weighted by Crippen LogP contribution is 2.43. The molecule has 4 N–H and O–H groups in total. The molecule has 0 radical (unpaired) electrons. The second kappa shape index (κ2) is 6.31. The highest BCUT2D eigenvalue weighted by atomic mass is 16.6. The first-order valence-corrected chi connectivity index (χ1v) is 8.50. The molecule has 0 bridgehead atoms. The van der Waals surface area contributed by atoms with Crippen molar-refractivity contribution < 1.29 is 14.5 Å². The van der Waals surface area contributed by atoms with Crippen LogP contribution in [0.3, 0.4) is 0 Å². The number of nitro groups is 1. The number of benzene rings is 3. The van der Waals surface area contributed by atoms with Crippen LogP contribution in [0.5, 0.6) is 0 Å². The van der Waals surface area contributed by atoms with E-state index in [0.717, 1.165) is 22.3 Å². The van der Waals surface area contributed by atoms with Gasteiger partial charge in [0.1, 0.15) is 0 Å². The van der Waals surface area contributed by atoms with Gasteiger partial charge in [-0.05, 0) is 70.1 Å². The van der Waals surface area contributed by atoms with Crippen molar-refractivity contribution in [1.29, 1.82) is 0 Å². The van der Waals surface area contributed by atoms with Crippen LogP contribution in [0, 0.1) is 10.1 Å². The summed E-state index contributed by atoms with van der Waals surface area (Å²) in [7, 11) is 0. The Kier molecular flexibility index (Phi) is 3.93. The Morgan fingerprint density at radius 1 is 0.893 bits per heavy atom. The first-order valence-electron chi connectivity index (χ1n) is 8.50. The molecule has 0 saturated carbocycles. The average molecular weight is 373 g/mol. The largest absolute Gasteiger partial charge is 0.366 e. The minimum Gasteiger partial charge on any atom is -0.366 e. The predicted molar refractivity (Wildman–Crippen MR) is 104 cm³/mol. The molecule has 2 amide bonds. The molecular formula is C21H15N3O4. The lowest BCUT2D eigenvalue weighted by Crippen LogP contribution is -2.13. The van der Waals surface area contributed by atoms with E-state index in [1.165, 1.54) is 12.1 Å². The number of nitrogens with zero attached hydrogens (tertiary/aromatic N) is 1. The molecule has 7 heteroatoms. The summed E-state index contributed by atoms with van der Waals surface area (Å²) in [6.45, 7) is 0. The zero-order chi connectivity index (χ0) is 20.0. The van der Waals surface area contributed by atoms with Gasteiger partial charge in [-0.15, -0.1) is 0 Å². The van der Waals surface area contributed by atoms with E-state index in [4.69, 9.17) is 11.5 Å². The molecule has 3 aromatic rings. The van der Waals surface area contributed by atoms with Crippen LogP contribution in [0.1, 0.15) is 31.8 Å². The molecule has 0 saturated heterocycles. The second-order valence-corrected chi connectivity index (χ2v) is 6.60. The minimum absolute atomic E-state index is 0.0358. The fraction of sp³-hybridized carbons (Fsp3) is 0.0476. The van der Waals surface area contributed by atoms with E-state index in [9.17, 15) is 19.7 Å². The maximum absolute atomic E-state index is 12.0. The van der Waals surface area contributed by atoms with Gasteiger partial charge in [-0.3, -0.25) is 19.7 Å². The summed E-state index contributed by atoms with van der Waals surface area (Å²) in [5, 5.41) is 10.9. The van der Waals surface area contributed by atoms with E-state index in [0.29, 0.717) is 28.7 Å². The SMILES string of the molecule is NC(=O)c1ccc2c(c1)Cc1c-2ccc(C(N)=O)c1-c1ccc([N+](=O)[O-])cc1. The molecule has 4 rings (SSSR count). The van der Waals surface area contributed by atoms with Gasteiger partial charge < -0.3 is 11.5 Å². The van der Waals surface area contributed by atoms with Crippen LogP contribution in [0.2, 0.25) is 0 Å². The summed E-state index contributed by atoms with van der Waals surface area (Å²) in [4.78, 5) is 34.0. The van der Waals surface area contributed by atoms with E-state index < -0.39 is 16.7 Å². The lowest BCUT2D eigenvalue weighted by atomic mass is 9.90. The maximum atomic E-state index is 12.0. The van der Waals surface area contributed by atoms with Crippen molar-refractivity contribution in [2.45, 2.75) is 6.42 Å². The predicted octanol–water partition coefficient (Wildman–Crippen LogP) is 3.03. The molecule has 0 aliphatic heterocycles. The van der Waals surface area contributed by atoms with Gasteiger partial charge in [0.25, 0.3) is 5.69 Å². The number of non-ortho nitro benzene ring substituents is 1. The summed E-state index contributed by atoms with van der Waals surface area (Å²) in [5.41, 5.74) is 16.7. The number of nitrogens with two attached hydrogens (primary N) is 2. The number of carbonyl (C=O) groups excluding carboxylic acids is 2. The van der Waals surface area contributed by atoms with Gasteiger partial charge in [0.15, 0.2) is 0 Å². The Bertz CT molecular complexity index is 1170. The molecule has 138 valence electrons. The highest BCUT2D eigenvalue weighted by Gasteiger charge is 2.26. The van der Waals surface area contributed by atoms with Crippen LogP contribution in [0.4, 0.5) is 5.69 Å². The quantitative estimate of drug-likeness (QED) is 0.420. The number of rotatable bonds is 4. The molecule has 1 aliphatic carbocycles. The standard InChI is InChI=1S/C21H15N3O4/c22-20(25)12-3-6-15-13(9-12)10-18-16(15)7-8-17(21(23)26)19(18)11-1-4-14(5-2-11)24(27)28/h1-9H,10H2,(H2,22,25)(H2,23,26). The maximum Gasteiger partial charge on any atom is 0.269 e. The van der Waals surface area contributed by atoms with E-state index >= 15 is 0 Å². The number of amides is 2. The summed E-state index contributed by atoms with van der Waals surface area (Å²) in [6.07, 6.45) is 0.499. The Morgan fingerprint density at radius 3 is 2.18 bits per heavy atom. The van der Waals surface area contributed by atoms with Crippen LogP contribution >= 0.6 is 0 Å². The van der Waals surface area contributed by atoms with Crippen LogP contribution in [-0.4, -0.2) is 16.7 Å². The monoisotopic (exact) mass is 373 g/mol. The molecule has 0 fully saturated rings. The molecule has 0 aromatic heterocycles. The van der Waals surface area contributed by atoms with Crippen molar-refractivity contribution >= 4 is 17.5 Å². The molecule has 0 spiro atoms. The first kappa shape index (κ1) is 17.4. The molecule has 28 heavy (non-hydrogen) atoms. The molecule has 3 aromatic carbocycles. The number of primary amides is 2. The summed E-state index contributed by atoms with van der Waals surface area (Å²) in [5.74, 6) is -1.09. The van der Waals surface area contributed by atoms with Gasteiger partial charge in [0.2, 0.25) is 11.8 Å². The smallest absolute Gasteiger partial charge is 0.269 e. The first-order chi connectivity index (χ1) is 13.4. The zero-order valence-corrected chi connectivity index (χ0v) is 14.6. The molecular weight excluding hydrogens is 358 g/mol. The van der Waals surface area contributed by atoms with Crippen LogP contribution in [0.25, 0.3) is 22.3 Å². The normalized spacial score (nSPS) is 11.6. The van der Waals surface area contributed by atoms with Crippen molar-refractivity contribution in [2.75, 3.05) is 0 Å². The summed E-state index contributed by atoms with van der Waals surface area (Å²) < 4.78 is 0. The van der Waals surface area contributed by atoms with Crippen LogP contribution in [-0.2, 0) is 6.42 Å². The number of carbonyl (C=O) groups is 2. The minimum atomic E-state index is -0.579. The molecule has 0 unspecified atom stereocenters. The van der Waals surface area contributed by atoms with E-state index in [2.05, 4.69) is 0 Å². The van der Waals surface area contributed by atoms with Gasteiger partial charge in [-0.2, -0.15) is 0 Å². The third-order valence-corrected chi connectivity index (χ3v) is 4.99. The second-order valence-electron chi connectivity index (χ2n) is 6.60. The van der Waals surface area contributed by atoms with E-state index in [1.807, 2.05) is 12.1 Å². The fourth-order valence-electron chi connectivity index (χ4n) is 3.72. The lowest BCUT2D eigenvalue weighted by Gasteiger charge is -2.13. The Balaban J connectivity index is 1.91. The van der Waals surface area contributed by atoms with Crippen molar-refractivity contribution in [3.05, 3.63) is 87.0 Å². The van der Waals surface area contributed by atoms with Gasteiger partial charge in [-0.1, -0.05) is 12.1 Å².